The molecule has 0 aromatic carbocycles. The van der Waals surface area contributed by atoms with E-state index in [1.807, 2.05) is 11.9 Å². The summed E-state index contributed by atoms with van der Waals surface area (Å²) in [5, 5.41) is 3.37. The van der Waals surface area contributed by atoms with Gasteiger partial charge >= 0.3 is 0 Å². The molecule has 1 aliphatic heterocycles. The van der Waals surface area contributed by atoms with Gasteiger partial charge in [0.25, 0.3) is 0 Å². The molecule has 76 valence electrons. The van der Waals surface area contributed by atoms with Crippen LogP contribution in [0.25, 0.3) is 0 Å². The number of amides is 1. The third-order valence-electron chi connectivity index (χ3n) is 2.68. The van der Waals surface area contributed by atoms with Crippen LogP contribution in [0, 0.1) is 5.92 Å². The minimum Gasteiger partial charge on any atom is -0.329 e. The molecule has 0 saturated carbocycles. The van der Waals surface area contributed by atoms with E-state index in [-0.39, 0.29) is 18.1 Å². The fourth-order valence-electron chi connectivity index (χ4n) is 1.79. The molecule has 1 rings (SSSR count). The molecule has 1 heterocycles. The van der Waals surface area contributed by atoms with Gasteiger partial charge in [-0.25, -0.2) is 0 Å². The molecule has 0 aromatic rings. The van der Waals surface area contributed by atoms with Crippen LogP contribution in [0.15, 0.2) is 0 Å². The molecule has 0 radical (unpaired) electrons. The highest BCUT2D eigenvalue weighted by molar-refractivity contribution is 5.84. The van der Waals surface area contributed by atoms with Crippen molar-refractivity contribution in [2.45, 2.75) is 45.8 Å². The number of hydrogen-bond donors (Lipinski definition) is 1. The Morgan fingerprint density at radius 1 is 1.54 bits per heavy atom. The van der Waals surface area contributed by atoms with Crippen molar-refractivity contribution < 1.29 is 4.79 Å². The van der Waals surface area contributed by atoms with Crippen molar-refractivity contribution in [1.29, 1.82) is 0 Å². The van der Waals surface area contributed by atoms with E-state index in [4.69, 9.17) is 0 Å². The third kappa shape index (κ3) is 2.02. The zero-order valence-electron chi connectivity index (χ0n) is 9.00. The number of nitrogens with zero attached hydrogens (tertiary/aromatic N) is 1. The van der Waals surface area contributed by atoms with Gasteiger partial charge in [-0.15, -0.1) is 0 Å². The lowest BCUT2D eigenvalue weighted by Gasteiger charge is -2.17. The van der Waals surface area contributed by atoms with Crippen LogP contribution < -0.4 is 5.32 Å². The SMILES string of the molecule is CCCC1NC(C(C)C)C(=O)N1C. The molecular formula is C10H20N2O. The fourth-order valence-corrected chi connectivity index (χ4v) is 1.79. The van der Waals surface area contributed by atoms with Crippen LogP contribution in [0.3, 0.4) is 0 Å². The number of carbonyl (C=O) groups excluding carboxylic acids is 1. The summed E-state index contributed by atoms with van der Waals surface area (Å²) in [6.45, 7) is 6.30. The molecule has 0 bridgehead atoms. The lowest BCUT2D eigenvalue weighted by molar-refractivity contribution is -0.129. The van der Waals surface area contributed by atoms with Gasteiger partial charge in [0.1, 0.15) is 0 Å². The molecule has 3 heteroatoms. The van der Waals surface area contributed by atoms with Crippen molar-refractivity contribution in [1.82, 2.24) is 10.2 Å². The molecule has 1 N–H and O–H groups in total. The third-order valence-corrected chi connectivity index (χ3v) is 2.68. The first-order valence-corrected chi connectivity index (χ1v) is 5.10. The van der Waals surface area contributed by atoms with Crippen molar-refractivity contribution in [2.24, 2.45) is 5.92 Å². The van der Waals surface area contributed by atoms with E-state index in [0.717, 1.165) is 12.8 Å². The van der Waals surface area contributed by atoms with Crippen molar-refractivity contribution in [3.63, 3.8) is 0 Å². The topological polar surface area (TPSA) is 32.3 Å². The van der Waals surface area contributed by atoms with Crippen LogP contribution in [-0.2, 0) is 4.79 Å². The summed E-state index contributed by atoms with van der Waals surface area (Å²) in [6, 6.07) is 0.0292. The maximum absolute atomic E-state index is 11.7. The molecule has 1 saturated heterocycles. The monoisotopic (exact) mass is 184 g/mol. The highest BCUT2D eigenvalue weighted by Crippen LogP contribution is 2.17. The van der Waals surface area contributed by atoms with E-state index in [1.165, 1.54) is 0 Å². The summed E-state index contributed by atoms with van der Waals surface area (Å²) in [5.41, 5.74) is 0. The summed E-state index contributed by atoms with van der Waals surface area (Å²) in [5.74, 6) is 0.630. The fraction of sp³-hybridized carbons (Fsp3) is 0.900. The molecule has 2 unspecified atom stereocenters. The molecule has 1 aliphatic rings. The van der Waals surface area contributed by atoms with Crippen molar-refractivity contribution in [2.75, 3.05) is 7.05 Å². The van der Waals surface area contributed by atoms with Crippen LogP contribution in [0.5, 0.6) is 0 Å². The molecule has 3 nitrogen and oxygen atoms in total. The van der Waals surface area contributed by atoms with Gasteiger partial charge in [-0.1, -0.05) is 27.2 Å². The van der Waals surface area contributed by atoms with Gasteiger partial charge in [-0.3, -0.25) is 10.1 Å². The number of hydrogen-bond acceptors (Lipinski definition) is 2. The summed E-state index contributed by atoms with van der Waals surface area (Å²) in [4.78, 5) is 13.5. The smallest absolute Gasteiger partial charge is 0.241 e. The Bertz CT molecular complexity index is 191. The average Bonchev–Trinajstić information content (AvgIpc) is 2.33. The Labute approximate surface area is 80.5 Å². The molecule has 13 heavy (non-hydrogen) atoms. The first kappa shape index (κ1) is 10.5. The maximum atomic E-state index is 11.7. The minimum absolute atomic E-state index is 0.0292. The molecular weight excluding hydrogens is 164 g/mol. The Morgan fingerprint density at radius 3 is 2.54 bits per heavy atom. The molecule has 2 atom stereocenters. The summed E-state index contributed by atoms with van der Waals surface area (Å²) >= 11 is 0. The van der Waals surface area contributed by atoms with Gasteiger partial charge in [0.2, 0.25) is 5.91 Å². The van der Waals surface area contributed by atoms with Crippen LogP contribution in [0.2, 0.25) is 0 Å². The first-order valence-electron chi connectivity index (χ1n) is 5.10. The van der Waals surface area contributed by atoms with E-state index >= 15 is 0 Å². The molecule has 0 aromatic heterocycles. The van der Waals surface area contributed by atoms with Crippen molar-refractivity contribution >= 4 is 5.91 Å². The Morgan fingerprint density at radius 2 is 2.15 bits per heavy atom. The van der Waals surface area contributed by atoms with E-state index in [9.17, 15) is 4.79 Å². The molecule has 1 amide bonds. The van der Waals surface area contributed by atoms with Crippen LogP contribution in [0.1, 0.15) is 33.6 Å². The van der Waals surface area contributed by atoms with Crippen LogP contribution >= 0.6 is 0 Å². The number of rotatable bonds is 3. The average molecular weight is 184 g/mol. The van der Waals surface area contributed by atoms with E-state index < -0.39 is 0 Å². The zero-order valence-corrected chi connectivity index (χ0v) is 9.00. The second kappa shape index (κ2) is 4.09. The lowest BCUT2D eigenvalue weighted by atomic mass is 10.1. The van der Waals surface area contributed by atoms with E-state index in [2.05, 4.69) is 26.1 Å². The first-order chi connectivity index (χ1) is 6.07. The molecule has 1 fully saturated rings. The molecule has 0 spiro atoms. The van der Waals surface area contributed by atoms with Gasteiger partial charge in [0.05, 0.1) is 12.2 Å². The van der Waals surface area contributed by atoms with Crippen molar-refractivity contribution in [3.8, 4) is 0 Å². The number of nitrogens with one attached hydrogen (secondary N) is 1. The number of carbonyl (C=O) groups is 1. The predicted molar refractivity (Wildman–Crippen MR) is 53.2 cm³/mol. The summed E-state index contributed by atoms with van der Waals surface area (Å²) in [6.07, 6.45) is 2.41. The summed E-state index contributed by atoms with van der Waals surface area (Å²) in [7, 11) is 1.89. The van der Waals surface area contributed by atoms with Gasteiger partial charge in [0.15, 0.2) is 0 Å². The van der Waals surface area contributed by atoms with Crippen LogP contribution in [0.4, 0.5) is 0 Å². The zero-order chi connectivity index (χ0) is 10.0. The lowest BCUT2D eigenvalue weighted by Crippen LogP contribution is -2.36. The second-order valence-corrected chi connectivity index (χ2v) is 4.14. The van der Waals surface area contributed by atoms with Gasteiger partial charge in [-0.2, -0.15) is 0 Å². The largest absolute Gasteiger partial charge is 0.329 e. The second-order valence-electron chi connectivity index (χ2n) is 4.14. The summed E-state index contributed by atoms with van der Waals surface area (Å²) < 4.78 is 0. The van der Waals surface area contributed by atoms with E-state index in [1.54, 1.807) is 0 Å². The molecule has 0 aliphatic carbocycles. The standard InChI is InChI=1S/C10H20N2O/c1-5-6-8-11-9(7(2)3)10(13)12(8)4/h7-9,11H,5-6H2,1-4H3. The van der Waals surface area contributed by atoms with Crippen LogP contribution in [-0.4, -0.2) is 30.1 Å². The maximum Gasteiger partial charge on any atom is 0.241 e. The minimum atomic E-state index is 0.0292. The Kier molecular flexibility index (Phi) is 3.31. The van der Waals surface area contributed by atoms with Gasteiger partial charge in [-0.05, 0) is 12.3 Å². The van der Waals surface area contributed by atoms with Gasteiger partial charge < -0.3 is 4.90 Å². The number of likely N-dealkylation sites (N-methyl/N-ethyl adjacent to an activating group) is 1. The van der Waals surface area contributed by atoms with Crippen molar-refractivity contribution in [3.05, 3.63) is 0 Å². The Hall–Kier alpha value is -0.570. The quantitative estimate of drug-likeness (QED) is 0.714. The highest BCUT2D eigenvalue weighted by atomic mass is 16.2. The normalized spacial score (nSPS) is 29.0. The highest BCUT2D eigenvalue weighted by Gasteiger charge is 2.37. The van der Waals surface area contributed by atoms with E-state index in [0.29, 0.717) is 5.92 Å². The Balaban J connectivity index is 2.61. The van der Waals surface area contributed by atoms with Gasteiger partial charge in [0, 0.05) is 7.05 Å². The predicted octanol–water partition coefficient (Wildman–Crippen LogP) is 1.20.